The lowest BCUT2D eigenvalue weighted by atomic mass is 10.2. The zero-order chi connectivity index (χ0) is 12.7. The van der Waals surface area contributed by atoms with E-state index in [9.17, 15) is 14.7 Å². The number of esters is 1. The van der Waals surface area contributed by atoms with E-state index >= 15 is 0 Å². The van der Waals surface area contributed by atoms with Crippen LogP contribution in [0.1, 0.15) is 18.4 Å². The van der Waals surface area contributed by atoms with Crippen molar-refractivity contribution in [3.63, 3.8) is 0 Å². The summed E-state index contributed by atoms with van der Waals surface area (Å²) in [6.45, 7) is 0.181. The van der Waals surface area contributed by atoms with Crippen LogP contribution >= 0.6 is 0 Å². The second kappa shape index (κ2) is 6.65. The zero-order valence-electron chi connectivity index (χ0n) is 9.30. The molecule has 0 unspecified atom stereocenters. The van der Waals surface area contributed by atoms with Gasteiger partial charge in [0.25, 0.3) is 0 Å². The maximum absolute atomic E-state index is 11.3. The quantitative estimate of drug-likeness (QED) is 0.677. The van der Waals surface area contributed by atoms with Crippen LogP contribution in [0.25, 0.3) is 0 Å². The number of nitrogens with two attached hydrogens (primary N) is 1. The lowest BCUT2D eigenvalue weighted by molar-refractivity contribution is -0.307. The van der Waals surface area contributed by atoms with Gasteiger partial charge in [-0.05, 0) is 12.0 Å². The summed E-state index contributed by atoms with van der Waals surface area (Å²) in [6.07, 6.45) is -0.00205. The van der Waals surface area contributed by atoms with E-state index in [1.54, 1.807) is 0 Å². The molecule has 2 N–H and O–H groups in total. The highest BCUT2D eigenvalue weighted by molar-refractivity contribution is 5.73. The van der Waals surface area contributed by atoms with Gasteiger partial charge in [0.1, 0.15) is 6.61 Å². The van der Waals surface area contributed by atoms with E-state index in [4.69, 9.17) is 10.5 Å². The molecule has 17 heavy (non-hydrogen) atoms. The SMILES string of the molecule is N[C@@H](CCC(=O)OCc1ccccc1)C(=O)[O-]. The van der Waals surface area contributed by atoms with E-state index in [-0.39, 0.29) is 19.4 Å². The Labute approximate surface area is 99.2 Å². The van der Waals surface area contributed by atoms with E-state index in [0.29, 0.717) is 0 Å². The monoisotopic (exact) mass is 236 g/mol. The first-order chi connectivity index (χ1) is 8.09. The highest BCUT2D eigenvalue weighted by atomic mass is 16.5. The summed E-state index contributed by atoms with van der Waals surface area (Å²) < 4.78 is 4.95. The minimum atomic E-state index is -1.36. The molecule has 5 heteroatoms. The average Bonchev–Trinajstić information content (AvgIpc) is 2.34. The molecule has 5 nitrogen and oxygen atoms in total. The van der Waals surface area contributed by atoms with Crippen LogP contribution in [0.3, 0.4) is 0 Å². The van der Waals surface area contributed by atoms with E-state index in [2.05, 4.69) is 0 Å². The second-order valence-electron chi connectivity index (χ2n) is 3.61. The Morgan fingerprint density at radius 3 is 2.53 bits per heavy atom. The summed E-state index contributed by atoms with van der Waals surface area (Å²) in [5.41, 5.74) is 6.08. The fraction of sp³-hybridized carbons (Fsp3) is 0.333. The molecular formula is C12H14NO4-. The van der Waals surface area contributed by atoms with Crippen molar-refractivity contribution in [3.8, 4) is 0 Å². The van der Waals surface area contributed by atoms with Gasteiger partial charge in [0.2, 0.25) is 0 Å². The highest BCUT2D eigenvalue weighted by Gasteiger charge is 2.08. The number of carboxylic acids is 1. The number of benzene rings is 1. The van der Waals surface area contributed by atoms with Crippen molar-refractivity contribution >= 4 is 11.9 Å². The van der Waals surface area contributed by atoms with E-state index in [1.165, 1.54) is 0 Å². The third kappa shape index (κ3) is 5.12. The summed E-state index contributed by atoms with van der Waals surface area (Å²) >= 11 is 0. The topological polar surface area (TPSA) is 92.5 Å². The van der Waals surface area contributed by atoms with Gasteiger partial charge in [-0.15, -0.1) is 0 Å². The van der Waals surface area contributed by atoms with Gasteiger partial charge in [-0.25, -0.2) is 0 Å². The van der Waals surface area contributed by atoms with Crippen LogP contribution in [0.4, 0.5) is 0 Å². The number of carboxylic acid groups (broad SMARTS) is 1. The second-order valence-corrected chi connectivity index (χ2v) is 3.61. The Morgan fingerprint density at radius 2 is 1.94 bits per heavy atom. The number of carbonyl (C=O) groups excluding carboxylic acids is 2. The predicted molar refractivity (Wildman–Crippen MR) is 58.5 cm³/mol. The lowest BCUT2D eigenvalue weighted by Crippen LogP contribution is -2.42. The van der Waals surface area contributed by atoms with E-state index in [0.717, 1.165) is 5.56 Å². The van der Waals surface area contributed by atoms with Gasteiger partial charge >= 0.3 is 5.97 Å². The van der Waals surface area contributed by atoms with Gasteiger partial charge in [0.15, 0.2) is 0 Å². The largest absolute Gasteiger partial charge is 0.548 e. The number of hydrogen-bond acceptors (Lipinski definition) is 5. The number of ether oxygens (including phenoxy) is 1. The van der Waals surface area contributed by atoms with E-state index in [1.807, 2.05) is 30.3 Å². The van der Waals surface area contributed by atoms with Crippen molar-refractivity contribution in [1.29, 1.82) is 0 Å². The van der Waals surface area contributed by atoms with Crippen molar-refractivity contribution in [1.82, 2.24) is 0 Å². The van der Waals surface area contributed by atoms with Crippen molar-refractivity contribution < 1.29 is 19.4 Å². The summed E-state index contributed by atoms with van der Waals surface area (Å²) in [4.78, 5) is 21.6. The molecule has 1 rings (SSSR count). The molecule has 0 aliphatic carbocycles. The third-order valence-corrected chi connectivity index (χ3v) is 2.20. The molecule has 0 amide bonds. The Bertz CT molecular complexity index is 377. The summed E-state index contributed by atoms with van der Waals surface area (Å²) in [6, 6.07) is 8.09. The maximum atomic E-state index is 11.3. The van der Waals surface area contributed by atoms with Gasteiger partial charge in [0.05, 0.1) is 5.97 Å². The minimum Gasteiger partial charge on any atom is -0.548 e. The van der Waals surface area contributed by atoms with Crippen LogP contribution in [0.2, 0.25) is 0 Å². The van der Waals surface area contributed by atoms with Crippen LogP contribution in [0, 0.1) is 0 Å². The molecule has 0 saturated carbocycles. The Morgan fingerprint density at radius 1 is 1.29 bits per heavy atom. The Hall–Kier alpha value is -1.88. The maximum Gasteiger partial charge on any atom is 0.306 e. The molecule has 92 valence electrons. The number of carbonyl (C=O) groups is 2. The molecule has 0 spiro atoms. The molecule has 0 bridgehead atoms. The molecule has 0 aromatic heterocycles. The Balaban J connectivity index is 2.24. The average molecular weight is 236 g/mol. The molecule has 0 radical (unpaired) electrons. The summed E-state index contributed by atoms with van der Waals surface area (Å²) in [5, 5.41) is 10.3. The molecule has 0 fully saturated rings. The van der Waals surface area contributed by atoms with Gasteiger partial charge in [-0.1, -0.05) is 30.3 Å². The zero-order valence-corrected chi connectivity index (χ0v) is 9.30. The first-order valence-corrected chi connectivity index (χ1v) is 5.25. The van der Waals surface area contributed by atoms with Gasteiger partial charge in [-0.2, -0.15) is 0 Å². The van der Waals surface area contributed by atoms with E-state index < -0.39 is 18.0 Å². The molecule has 1 atom stereocenters. The van der Waals surface area contributed by atoms with Crippen LogP contribution < -0.4 is 10.8 Å². The first-order valence-electron chi connectivity index (χ1n) is 5.25. The molecule has 0 aliphatic heterocycles. The van der Waals surface area contributed by atoms with Crippen molar-refractivity contribution in [3.05, 3.63) is 35.9 Å². The summed E-state index contributed by atoms with van der Waals surface area (Å²) in [5.74, 6) is -1.83. The fourth-order valence-electron chi connectivity index (χ4n) is 1.20. The Kier molecular flexibility index (Phi) is 5.16. The summed E-state index contributed by atoms with van der Waals surface area (Å²) in [7, 11) is 0. The van der Waals surface area contributed by atoms with Gasteiger partial charge in [0, 0.05) is 12.5 Å². The van der Waals surface area contributed by atoms with Gasteiger partial charge in [-0.3, -0.25) is 4.79 Å². The standard InChI is InChI=1S/C12H15NO4/c13-10(12(15)16)6-7-11(14)17-8-9-4-2-1-3-5-9/h1-5,10H,6-8,13H2,(H,15,16)/p-1/t10-/m0/s1. The molecule has 1 aromatic rings. The predicted octanol–water partition coefficient (Wildman–Crippen LogP) is -0.413. The smallest absolute Gasteiger partial charge is 0.306 e. The van der Waals surface area contributed by atoms with Crippen LogP contribution in [-0.4, -0.2) is 18.0 Å². The normalized spacial score (nSPS) is 11.8. The molecular weight excluding hydrogens is 222 g/mol. The number of hydrogen-bond donors (Lipinski definition) is 1. The number of rotatable bonds is 6. The first kappa shape index (κ1) is 13.2. The molecule has 0 heterocycles. The number of aliphatic carboxylic acids is 1. The fourth-order valence-corrected chi connectivity index (χ4v) is 1.20. The van der Waals surface area contributed by atoms with Crippen molar-refractivity contribution in [2.75, 3.05) is 0 Å². The lowest BCUT2D eigenvalue weighted by Gasteiger charge is -2.11. The third-order valence-electron chi connectivity index (χ3n) is 2.20. The van der Waals surface area contributed by atoms with Crippen LogP contribution in [0.15, 0.2) is 30.3 Å². The molecule has 0 aliphatic rings. The van der Waals surface area contributed by atoms with Gasteiger partial charge < -0.3 is 20.4 Å². The highest BCUT2D eigenvalue weighted by Crippen LogP contribution is 2.03. The van der Waals surface area contributed by atoms with Crippen molar-refractivity contribution in [2.45, 2.75) is 25.5 Å². The molecule has 0 saturated heterocycles. The van der Waals surface area contributed by atoms with Crippen LogP contribution in [0.5, 0.6) is 0 Å². The molecule has 1 aromatic carbocycles. The van der Waals surface area contributed by atoms with Crippen molar-refractivity contribution in [2.24, 2.45) is 5.73 Å². The van der Waals surface area contributed by atoms with Crippen LogP contribution in [-0.2, 0) is 20.9 Å². The minimum absolute atomic E-state index is 0.0238.